The summed E-state index contributed by atoms with van der Waals surface area (Å²) >= 11 is 0. The van der Waals surface area contributed by atoms with Gasteiger partial charge in [-0.25, -0.2) is 4.98 Å². The molecule has 0 amide bonds. The van der Waals surface area contributed by atoms with Crippen molar-refractivity contribution >= 4 is 16.8 Å². The number of rotatable bonds is 2. The minimum atomic E-state index is 0.272. The molecule has 102 valence electrons. The molecule has 19 heavy (non-hydrogen) atoms. The van der Waals surface area contributed by atoms with Gasteiger partial charge in [-0.05, 0) is 31.0 Å². The van der Waals surface area contributed by atoms with E-state index in [2.05, 4.69) is 29.1 Å². The molecular weight excluding hydrogens is 238 g/mol. The van der Waals surface area contributed by atoms with E-state index in [1.54, 1.807) is 0 Å². The average molecular weight is 259 g/mol. The van der Waals surface area contributed by atoms with Crippen LogP contribution in [0.25, 0.3) is 11.1 Å². The van der Waals surface area contributed by atoms with Crippen LogP contribution < -0.4 is 10.6 Å². The van der Waals surface area contributed by atoms with Crippen molar-refractivity contribution in [2.45, 2.75) is 44.7 Å². The Bertz CT molecular complexity index is 578. The zero-order chi connectivity index (χ0) is 13.4. The summed E-state index contributed by atoms with van der Waals surface area (Å²) in [7, 11) is 2.13. The van der Waals surface area contributed by atoms with Gasteiger partial charge in [0.1, 0.15) is 5.52 Å². The van der Waals surface area contributed by atoms with E-state index in [4.69, 9.17) is 10.2 Å². The fourth-order valence-corrected chi connectivity index (χ4v) is 3.06. The quantitative estimate of drug-likeness (QED) is 0.901. The molecule has 0 bridgehead atoms. The standard InChI is InChI=1S/C15H21N3O/c1-10-17-13-9-11(7-8-15(13)19-10)18(2)14-6-4-3-5-12(14)16/h7-9,12,14H,3-6,16H2,1-2H3. The first-order valence-corrected chi connectivity index (χ1v) is 7.01. The Balaban J connectivity index is 1.89. The van der Waals surface area contributed by atoms with E-state index in [1.807, 2.05) is 13.0 Å². The van der Waals surface area contributed by atoms with Crippen LogP contribution >= 0.6 is 0 Å². The van der Waals surface area contributed by atoms with Crippen LogP contribution in [-0.4, -0.2) is 24.1 Å². The number of nitrogens with zero attached hydrogens (tertiary/aromatic N) is 2. The SMILES string of the molecule is Cc1nc2cc(N(C)C3CCCCC3N)ccc2o1. The Hall–Kier alpha value is -1.55. The van der Waals surface area contributed by atoms with Crippen molar-refractivity contribution < 1.29 is 4.42 Å². The van der Waals surface area contributed by atoms with Crippen LogP contribution in [0.1, 0.15) is 31.6 Å². The lowest BCUT2D eigenvalue weighted by atomic mass is 9.90. The number of fused-ring (bicyclic) bond motifs is 1. The highest BCUT2D eigenvalue weighted by molar-refractivity contribution is 5.77. The molecule has 4 heteroatoms. The molecule has 1 aromatic carbocycles. The Labute approximate surface area is 113 Å². The summed E-state index contributed by atoms with van der Waals surface area (Å²) in [6, 6.07) is 6.88. The Kier molecular flexibility index (Phi) is 3.19. The van der Waals surface area contributed by atoms with Crippen LogP contribution in [0.2, 0.25) is 0 Å². The number of benzene rings is 1. The zero-order valence-corrected chi connectivity index (χ0v) is 11.6. The molecule has 0 saturated heterocycles. The van der Waals surface area contributed by atoms with Gasteiger partial charge in [-0.15, -0.1) is 0 Å². The second-order valence-corrected chi connectivity index (χ2v) is 5.51. The summed E-state index contributed by atoms with van der Waals surface area (Å²) in [6.07, 6.45) is 4.83. The number of aryl methyl sites for hydroxylation is 1. The van der Waals surface area contributed by atoms with Gasteiger partial charge in [-0.1, -0.05) is 12.8 Å². The first-order chi connectivity index (χ1) is 9.15. The summed E-state index contributed by atoms with van der Waals surface area (Å²) < 4.78 is 5.51. The number of hydrogen-bond acceptors (Lipinski definition) is 4. The molecule has 3 rings (SSSR count). The van der Waals surface area contributed by atoms with Gasteiger partial charge in [-0.2, -0.15) is 0 Å². The summed E-state index contributed by atoms with van der Waals surface area (Å²) in [5.41, 5.74) is 9.20. The third-order valence-corrected chi connectivity index (χ3v) is 4.16. The molecule has 0 radical (unpaired) electrons. The van der Waals surface area contributed by atoms with Crippen molar-refractivity contribution in [3.8, 4) is 0 Å². The van der Waals surface area contributed by atoms with Crippen LogP contribution in [-0.2, 0) is 0 Å². The smallest absolute Gasteiger partial charge is 0.192 e. The third kappa shape index (κ3) is 2.32. The fourth-order valence-electron chi connectivity index (χ4n) is 3.06. The van der Waals surface area contributed by atoms with E-state index >= 15 is 0 Å². The lowest BCUT2D eigenvalue weighted by Crippen LogP contribution is -2.48. The van der Waals surface area contributed by atoms with Gasteiger partial charge in [0.2, 0.25) is 0 Å². The minimum Gasteiger partial charge on any atom is -0.441 e. The molecular formula is C15H21N3O. The monoisotopic (exact) mass is 259 g/mol. The van der Waals surface area contributed by atoms with E-state index < -0.39 is 0 Å². The molecule has 1 aliphatic rings. The number of oxazole rings is 1. The Morgan fingerprint density at radius 2 is 2.11 bits per heavy atom. The van der Waals surface area contributed by atoms with Crippen LogP contribution in [0.15, 0.2) is 22.6 Å². The van der Waals surface area contributed by atoms with E-state index in [-0.39, 0.29) is 6.04 Å². The molecule has 0 spiro atoms. The van der Waals surface area contributed by atoms with Crippen molar-refractivity contribution in [1.29, 1.82) is 0 Å². The average Bonchev–Trinajstić information content (AvgIpc) is 2.77. The van der Waals surface area contributed by atoms with Gasteiger partial charge in [0.15, 0.2) is 11.5 Å². The minimum absolute atomic E-state index is 0.272. The maximum atomic E-state index is 6.26. The number of aromatic nitrogens is 1. The van der Waals surface area contributed by atoms with Crippen molar-refractivity contribution in [3.63, 3.8) is 0 Å². The molecule has 1 heterocycles. The van der Waals surface area contributed by atoms with Gasteiger partial charge in [0, 0.05) is 31.7 Å². The molecule has 0 aliphatic heterocycles. The van der Waals surface area contributed by atoms with E-state index in [0.717, 1.165) is 17.5 Å². The van der Waals surface area contributed by atoms with E-state index in [9.17, 15) is 0 Å². The maximum absolute atomic E-state index is 6.26. The molecule has 1 fully saturated rings. The lowest BCUT2D eigenvalue weighted by molar-refractivity contribution is 0.374. The molecule has 2 unspecified atom stereocenters. The molecule has 1 aliphatic carbocycles. The number of likely N-dealkylation sites (N-methyl/N-ethyl adjacent to an activating group) is 1. The van der Waals surface area contributed by atoms with E-state index in [0.29, 0.717) is 11.9 Å². The van der Waals surface area contributed by atoms with Crippen molar-refractivity contribution in [2.24, 2.45) is 5.73 Å². The molecule has 2 aromatic rings. The first-order valence-electron chi connectivity index (χ1n) is 7.01. The summed E-state index contributed by atoms with van der Waals surface area (Å²) in [6.45, 7) is 1.88. The second-order valence-electron chi connectivity index (χ2n) is 5.51. The predicted octanol–water partition coefficient (Wildman–Crippen LogP) is 2.84. The van der Waals surface area contributed by atoms with Gasteiger partial charge in [-0.3, -0.25) is 0 Å². The third-order valence-electron chi connectivity index (χ3n) is 4.16. The Morgan fingerprint density at radius 1 is 1.32 bits per heavy atom. The van der Waals surface area contributed by atoms with Crippen LogP contribution in [0, 0.1) is 6.92 Å². The van der Waals surface area contributed by atoms with Gasteiger partial charge >= 0.3 is 0 Å². The van der Waals surface area contributed by atoms with E-state index in [1.165, 1.54) is 24.9 Å². The lowest BCUT2D eigenvalue weighted by Gasteiger charge is -2.37. The predicted molar refractivity (Wildman–Crippen MR) is 77.4 cm³/mol. The highest BCUT2D eigenvalue weighted by Crippen LogP contribution is 2.28. The molecule has 1 saturated carbocycles. The van der Waals surface area contributed by atoms with Gasteiger partial charge < -0.3 is 15.1 Å². The number of hydrogen-bond donors (Lipinski definition) is 1. The van der Waals surface area contributed by atoms with Crippen LogP contribution in [0.5, 0.6) is 0 Å². The fraction of sp³-hybridized carbons (Fsp3) is 0.533. The number of anilines is 1. The van der Waals surface area contributed by atoms with Crippen molar-refractivity contribution in [3.05, 3.63) is 24.1 Å². The van der Waals surface area contributed by atoms with Crippen LogP contribution in [0.3, 0.4) is 0 Å². The largest absolute Gasteiger partial charge is 0.441 e. The van der Waals surface area contributed by atoms with Crippen molar-refractivity contribution in [2.75, 3.05) is 11.9 Å². The molecule has 1 aromatic heterocycles. The zero-order valence-electron chi connectivity index (χ0n) is 11.6. The summed E-state index contributed by atoms with van der Waals surface area (Å²) in [5, 5.41) is 0. The summed E-state index contributed by atoms with van der Waals surface area (Å²) in [4.78, 5) is 6.69. The molecule has 2 N–H and O–H groups in total. The topological polar surface area (TPSA) is 55.3 Å². The van der Waals surface area contributed by atoms with Gasteiger partial charge in [0.05, 0.1) is 0 Å². The summed E-state index contributed by atoms with van der Waals surface area (Å²) in [5.74, 6) is 0.712. The number of nitrogens with two attached hydrogens (primary N) is 1. The highest BCUT2D eigenvalue weighted by atomic mass is 16.3. The second kappa shape index (κ2) is 4.85. The molecule has 2 atom stereocenters. The first kappa shape index (κ1) is 12.5. The highest BCUT2D eigenvalue weighted by Gasteiger charge is 2.25. The normalized spacial score (nSPS) is 23.7. The van der Waals surface area contributed by atoms with Crippen LogP contribution in [0.4, 0.5) is 5.69 Å². The van der Waals surface area contributed by atoms with Crippen molar-refractivity contribution in [1.82, 2.24) is 4.98 Å². The molecule has 4 nitrogen and oxygen atoms in total. The maximum Gasteiger partial charge on any atom is 0.192 e. The Morgan fingerprint density at radius 3 is 2.89 bits per heavy atom. The van der Waals surface area contributed by atoms with Gasteiger partial charge in [0.25, 0.3) is 0 Å².